The van der Waals surface area contributed by atoms with Crippen LogP contribution in [0.25, 0.3) is 5.69 Å². The lowest BCUT2D eigenvalue weighted by Crippen LogP contribution is -2.26. The molecular weight excluding hydrogens is 617 g/mol. The number of anilines is 1. The smallest absolute Gasteiger partial charge is 0.484 e. The number of esters is 1. The van der Waals surface area contributed by atoms with E-state index < -0.39 is 36.1 Å². The van der Waals surface area contributed by atoms with E-state index in [1.165, 1.54) is 67.6 Å². The van der Waals surface area contributed by atoms with Gasteiger partial charge in [-0.1, -0.05) is 6.07 Å². The number of aromatic nitrogens is 2. The first-order chi connectivity index (χ1) is 21.8. The maximum Gasteiger partial charge on any atom is 0.586 e. The third-order valence-electron chi connectivity index (χ3n) is 7.79. The van der Waals surface area contributed by atoms with Gasteiger partial charge in [-0.2, -0.15) is 18.3 Å². The van der Waals surface area contributed by atoms with Crippen LogP contribution in [0.1, 0.15) is 62.2 Å². The summed E-state index contributed by atoms with van der Waals surface area (Å²) in [5.41, 5.74) is 0.546. The van der Waals surface area contributed by atoms with Crippen LogP contribution in [0.3, 0.4) is 0 Å². The van der Waals surface area contributed by atoms with Gasteiger partial charge in [0.25, 0.3) is 5.91 Å². The summed E-state index contributed by atoms with van der Waals surface area (Å²) in [6.07, 6.45) is -8.49. The number of ether oxygens (including phenoxy) is 4. The second-order valence-electron chi connectivity index (χ2n) is 10.8. The van der Waals surface area contributed by atoms with Crippen LogP contribution in [0.4, 0.5) is 27.6 Å². The first kappa shape index (κ1) is 30.9. The SMILES string of the molecule is COC(=O)c1ccc(OC2CCCc3c(C(F)(F)F)nn(-c4cccc(C(=O)N(C)c5ccc6c(c5)OC(F)(F)O6)c4)c32)cc1C. The molecule has 1 unspecified atom stereocenters. The molecule has 1 aromatic heterocycles. The summed E-state index contributed by atoms with van der Waals surface area (Å²) >= 11 is 0. The summed E-state index contributed by atoms with van der Waals surface area (Å²) in [5, 5.41) is 3.97. The van der Waals surface area contributed by atoms with Crippen molar-refractivity contribution in [2.24, 2.45) is 0 Å². The summed E-state index contributed by atoms with van der Waals surface area (Å²) in [6.45, 7) is 1.69. The van der Waals surface area contributed by atoms with Gasteiger partial charge in [0.2, 0.25) is 0 Å². The first-order valence-corrected chi connectivity index (χ1v) is 14.1. The van der Waals surface area contributed by atoms with Crippen molar-refractivity contribution in [3.05, 3.63) is 94.3 Å². The van der Waals surface area contributed by atoms with E-state index in [2.05, 4.69) is 14.6 Å². The number of amides is 1. The number of halogens is 5. The number of hydrogen-bond acceptors (Lipinski definition) is 7. The number of aryl methyl sites for hydroxylation is 1. The molecule has 0 saturated heterocycles. The Balaban J connectivity index is 1.35. The Morgan fingerprint density at radius 3 is 2.52 bits per heavy atom. The minimum absolute atomic E-state index is 0.00216. The molecule has 0 radical (unpaired) electrons. The minimum atomic E-state index is -4.75. The van der Waals surface area contributed by atoms with Gasteiger partial charge in [0, 0.05) is 29.9 Å². The zero-order valence-corrected chi connectivity index (χ0v) is 24.7. The van der Waals surface area contributed by atoms with Gasteiger partial charge in [0.15, 0.2) is 17.2 Å². The number of rotatable bonds is 6. The molecule has 9 nitrogen and oxygen atoms in total. The van der Waals surface area contributed by atoms with Crippen molar-refractivity contribution in [2.75, 3.05) is 19.1 Å². The number of carbonyl (C=O) groups excluding carboxylic acids is 2. The highest BCUT2D eigenvalue weighted by atomic mass is 19.4. The Morgan fingerprint density at radius 1 is 1.04 bits per heavy atom. The Bertz CT molecular complexity index is 1850. The molecular formula is C32H26F5N3O6. The van der Waals surface area contributed by atoms with Crippen LogP contribution >= 0.6 is 0 Å². The first-order valence-electron chi connectivity index (χ1n) is 14.1. The number of methoxy groups -OCH3 is 1. The predicted octanol–water partition coefficient (Wildman–Crippen LogP) is 7.04. The molecule has 14 heteroatoms. The lowest BCUT2D eigenvalue weighted by Gasteiger charge is -2.26. The monoisotopic (exact) mass is 643 g/mol. The second kappa shape index (κ2) is 11.3. The average Bonchev–Trinajstić information content (AvgIpc) is 3.57. The van der Waals surface area contributed by atoms with Crippen LogP contribution in [-0.2, 0) is 17.3 Å². The van der Waals surface area contributed by atoms with Gasteiger partial charge in [-0.15, -0.1) is 8.78 Å². The number of nitrogens with zero attached hydrogens (tertiary/aromatic N) is 3. The molecule has 0 spiro atoms. The highest BCUT2D eigenvalue weighted by Crippen LogP contribution is 2.44. The molecule has 46 heavy (non-hydrogen) atoms. The minimum Gasteiger partial charge on any atom is -0.484 e. The largest absolute Gasteiger partial charge is 0.586 e. The van der Waals surface area contributed by atoms with E-state index in [0.717, 1.165) is 4.68 Å². The zero-order chi connectivity index (χ0) is 33.0. The molecule has 1 aliphatic carbocycles. The molecule has 0 N–H and O–H groups in total. The Labute approximate surface area is 259 Å². The maximum atomic E-state index is 14.2. The van der Waals surface area contributed by atoms with Crippen molar-refractivity contribution in [3.8, 4) is 22.9 Å². The molecule has 1 aliphatic heterocycles. The Morgan fingerprint density at radius 2 is 1.80 bits per heavy atom. The summed E-state index contributed by atoms with van der Waals surface area (Å²) in [6, 6.07) is 14.4. The lowest BCUT2D eigenvalue weighted by molar-refractivity contribution is -0.286. The highest BCUT2D eigenvalue weighted by Gasteiger charge is 2.44. The van der Waals surface area contributed by atoms with Crippen LogP contribution in [0.15, 0.2) is 60.7 Å². The Hall–Kier alpha value is -5.14. The fraction of sp³-hybridized carbons (Fsp3) is 0.281. The summed E-state index contributed by atoms with van der Waals surface area (Å²) in [5.74, 6) is -1.20. The fourth-order valence-corrected chi connectivity index (χ4v) is 5.62. The van der Waals surface area contributed by atoms with Gasteiger partial charge in [0.1, 0.15) is 11.9 Å². The molecule has 6 rings (SSSR count). The van der Waals surface area contributed by atoms with Crippen molar-refractivity contribution in [3.63, 3.8) is 0 Å². The number of hydrogen-bond donors (Lipinski definition) is 0. The van der Waals surface area contributed by atoms with Gasteiger partial charge in [-0.25, -0.2) is 9.48 Å². The van der Waals surface area contributed by atoms with E-state index >= 15 is 0 Å². The molecule has 4 aromatic rings. The van der Waals surface area contributed by atoms with Crippen molar-refractivity contribution in [1.29, 1.82) is 0 Å². The van der Waals surface area contributed by atoms with E-state index in [0.29, 0.717) is 29.7 Å². The number of benzene rings is 3. The zero-order valence-electron chi connectivity index (χ0n) is 24.7. The molecule has 240 valence electrons. The molecule has 3 aromatic carbocycles. The molecule has 0 bridgehead atoms. The van der Waals surface area contributed by atoms with Crippen molar-refractivity contribution in [2.45, 2.75) is 44.8 Å². The van der Waals surface area contributed by atoms with E-state index in [1.807, 2.05) is 0 Å². The van der Waals surface area contributed by atoms with Crippen LogP contribution in [-0.4, -0.2) is 42.1 Å². The molecule has 0 fully saturated rings. The summed E-state index contributed by atoms with van der Waals surface area (Å²) < 4.78 is 90.7. The quantitative estimate of drug-likeness (QED) is 0.164. The molecule has 2 aliphatic rings. The molecule has 2 heterocycles. The van der Waals surface area contributed by atoms with Gasteiger partial charge in [-0.3, -0.25) is 4.79 Å². The predicted molar refractivity (Wildman–Crippen MR) is 153 cm³/mol. The standard InChI is InChI=1S/C32H26F5N3O6/c1-17-14-21(11-12-22(17)30(42)43-3)44-25-9-5-8-23-27(25)40(38-28(23)31(33,34)35)20-7-4-6-18(15-20)29(41)39(2)19-10-13-24-26(16-19)46-32(36,37)45-24/h4,6-7,10-16,25H,5,8-9H2,1-3H3. The lowest BCUT2D eigenvalue weighted by atomic mass is 9.92. The normalized spacial score (nSPS) is 16.5. The maximum absolute atomic E-state index is 14.2. The average molecular weight is 644 g/mol. The van der Waals surface area contributed by atoms with Crippen molar-refractivity contribution >= 4 is 17.6 Å². The van der Waals surface area contributed by atoms with Crippen LogP contribution in [0.2, 0.25) is 0 Å². The second-order valence-corrected chi connectivity index (χ2v) is 10.8. The summed E-state index contributed by atoms with van der Waals surface area (Å²) in [4.78, 5) is 26.7. The molecule has 1 amide bonds. The van der Waals surface area contributed by atoms with Gasteiger partial charge in [-0.05, 0) is 80.3 Å². The highest BCUT2D eigenvalue weighted by molar-refractivity contribution is 6.06. The van der Waals surface area contributed by atoms with Gasteiger partial charge in [0.05, 0.1) is 24.1 Å². The van der Waals surface area contributed by atoms with E-state index in [-0.39, 0.29) is 46.1 Å². The van der Waals surface area contributed by atoms with Crippen LogP contribution in [0, 0.1) is 6.92 Å². The number of carbonyl (C=O) groups is 2. The van der Waals surface area contributed by atoms with Gasteiger partial charge >= 0.3 is 18.4 Å². The molecule has 0 saturated carbocycles. The Kier molecular flexibility index (Phi) is 7.61. The number of fused-ring (bicyclic) bond motifs is 2. The van der Waals surface area contributed by atoms with E-state index in [4.69, 9.17) is 9.47 Å². The van der Waals surface area contributed by atoms with Crippen molar-refractivity contribution in [1.82, 2.24) is 9.78 Å². The fourth-order valence-electron chi connectivity index (χ4n) is 5.62. The van der Waals surface area contributed by atoms with Gasteiger partial charge < -0.3 is 23.8 Å². The van der Waals surface area contributed by atoms with Crippen LogP contribution < -0.4 is 19.1 Å². The third-order valence-corrected chi connectivity index (χ3v) is 7.79. The van der Waals surface area contributed by atoms with E-state index in [1.54, 1.807) is 19.1 Å². The molecule has 1 atom stereocenters. The summed E-state index contributed by atoms with van der Waals surface area (Å²) in [7, 11) is 2.68. The topological polar surface area (TPSA) is 92.1 Å². The van der Waals surface area contributed by atoms with E-state index in [9.17, 15) is 31.5 Å². The van der Waals surface area contributed by atoms with Crippen LogP contribution in [0.5, 0.6) is 17.2 Å². The third kappa shape index (κ3) is 5.70. The van der Waals surface area contributed by atoms with Crippen molar-refractivity contribution < 1.29 is 50.5 Å². The number of alkyl halides is 5.